The summed E-state index contributed by atoms with van der Waals surface area (Å²) in [6, 6.07) is 19.8. The van der Waals surface area contributed by atoms with Gasteiger partial charge in [0.05, 0.1) is 19.2 Å². The van der Waals surface area contributed by atoms with Gasteiger partial charge in [0, 0.05) is 30.8 Å². The molecule has 2 N–H and O–H groups in total. The Morgan fingerprint density at radius 1 is 0.939 bits per heavy atom. The first-order valence-electron chi connectivity index (χ1n) is 11.5. The highest BCUT2D eigenvalue weighted by Gasteiger charge is 2.44. The minimum atomic E-state index is 0.197. The van der Waals surface area contributed by atoms with E-state index in [1.807, 2.05) is 6.07 Å². The average Bonchev–Trinajstić information content (AvgIpc) is 3.46. The third-order valence-corrected chi connectivity index (χ3v) is 7.28. The van der Waals surface area contributed by atoms with E-state index in [0.717, 1.165) is 30.3 Å². The van der Waals surface area contributed by atoms with E-state index in [-0.39, 0.29) is 18.9 Å². The van der Waals surface area contributed by atoms with Crippen molar-refractivity contribution in [1.29, 1.82) is 0 Å². The van der Waals surface area contributed by atoms with Crippen LogP contribution in [0.15, 0.2) is 54.6 Å². The van der Waals surface area contributed by atoms with Crippen LogP contribution in [0.4, 0.5) is 5.69 Å². The highest BCUT2D eigenvalue weighted by Crippen LogP contribution is 2.49. The van der Waals surface area contributed by atoms with Crippen LogP contribution in [0.3, 0.4) is 0 Å². The molecule has 3 unspecified atom stereocenters. The number of hydrogen-bond donors (Lipinski definition) is 2. The van der Waals surface area contributed by atoms with Crippen LogP contribution in [0, 0.1) is 19.8 Å². The summed E-state index contributed by atoms with van der Waals surface area (Å²) in [5, 5.41) is 0. The SMILES string of the molecule is COc1cccc(CN2CC3C(c4ccc(C)c(C)c4)NNC3c3cc4c(cc32)OCO4)c1. The van der Waals surface area contributed by atoms with Crippen molar-refractivity contribution in [3.8, 4) is 17.2 Å². The van der Waals surface area contributed by atoms with E-state index in [4.69, 9.17) is 14.2 Å². The molecule has 33 heavy (non-hydrogen) atoms. The Kier molecular flexibility index (Phi) is 4.93. The van der Waals surface area contributed by atoms with Crippen LogP contribution in [-0.2, 0) is 6.54 Å². The van der Waals surface area contributed by atoms with Gasteiger partial charge in [0.2, 0.25) is 6.79 Å². The van der Waals surface area contributed by atoms with E-state index in [9.17, 15) is 0 Å². The monoisotopic (exact) mass is 443 g/mol. The van der Waals surface area contributed by atoms with Crippen LogP contribution in [0.1, 0.15) is 39.9 Å². The highest BCUT2D eigenvalue weighted by molar-refractivity contribution is 5.66. The maximum absolute atomic E-state index is 5.73. The number of anilines is 1. The van der Waals surface area contributed by atoms with Crippen LogP contribution in [0.5, 0.6) is 17.2 Å². The Balaban J connectivity index is 1.40. The summed E-state index contributed by atoms with van der Waals surface area (Å²) >= 11 is 0. The molecule has 0 aliphatic carbocycles. The van der Waals surface area contributed by atoms with E-state index >= 15 is 0 Å². The molecule has 3 aliphatic rings. The number of aryl methyl sites for hydroxylation is 2. The lowest BCUT2D eigenvalue weighted by Gasteiger charge is -2.39. The van der Waals surface area contributed by atoms with E-state index in [0.29, 0.717) is 5.92 Å². The van der Waals surface area contributed by atoms with Crippen LogP contribution >= 0.6 is 0 Å². The van der Waals surface area contributed by atoms with Crippen molar-refractivity contribution in [3.63, 3.8) is 0 Å². The summed E-state index contributed by atoms with van der Waals surface area (Å²) in [5.41, 5.74) is 14.8. The normalized spacial score (nSPS) is 22.8. The third-order valence-electron chi connectivity index (χ3n) is 7.28. The highest BCUT2D eigenvalue weighted by atomic mass is 16.7. The Morgan fingerprint density at radius 3 is 2.58 bits per heavy atom. The van der Waals surface area contributed by atoms with Crippen molar-refractivity contribution in [2.75, 3.05) is 25.3 Å². The summed E-state index contributed by atoms with van der Waals surface area (Å²) in [7, 11) is 1.71. The molecule has 1 fully saturated rings. The number of fused-ring (bicyclic) bond motifs is 4. The molecule has 0 aromatic heterocycles. The van der Waals surface area contributed by atoms with Crippen LogP contribution in [-0.4, -0.2) is 20.4 Å². The molecule has 3 aliphatic heterocycles. The molecule has 3 atom stereocenters. The molecule has 0 spiro atoms. The Labute approximate surface area is 194 Å². The van der Waals surface area contributed by atoms with Crippen molar-refractivity contribution >= 4 is 5.69 Å². The van der Waals surface area contributed by atoms with Gasteiger partial charge in [-0.3, -0.25) is 0 Å². The number of ether oxygens (including phenoxy) is 3. The van der Waals surface area contributed by atoms with E-state index in [2.05, 4.69) is 78.1 Å². The van der Waals surface area contributed by atoms with Crippen molar-refractivity contribution in [3.05, 3.63) is 82.4 Å². The van der Waals surface area contributed by atoms with Gasteiger partial charge >= 0.3 is 0 Å². The van der Waals surface area contributed by atoms with Gasteiger partial charge < -0.3 is 19.1 Å². The second-order valence-electron chi connectivity index (χ2n) is 9.25. The minimum absolute atomic E-state index is 0.197. The topological polar surface area (TPSA) is 55.0 Å². The maximum Gasteiger partial charge on any atom is 0.231 e. The van der Waals surface area contributed by atoms with Gasteiger partial charge in [-0.25, -0.2) is 10.9 Å². The molecule has 3 aromatic rings. The lowest BCUT2D eigenvalue weighted by Crippen LogP contribution is -2.39. The first-order chi connectivity index (χ1) is 16.1. The smallest absolute Gasteiger partial charge is 0.231 e. The Morgan fingerprint density at radius 2 is 1.76 bits per heavy atom. The summed E-state index contributed by atoms with van der Waals surface area (Å²) < 4.78 is 16.9. The number of methoxy groups -OCH3 is 1. The second kappa shape index (κ2) is 7.97. The van der Waals surface area contributed by atoms with Crippen LogP contribution in [0.2, 0.25) is 0 Å². The van der Waals surface area contributed by atoms with Gasteiger partial charge in [-0.05, 0) is 59.9 Å². The van der Waals surface area contributed by atoms with Crippen LogP contribution < -0.4 is 30.0 Å². The zero-order valence-corrected chi connectivity index (χ0v) is 19.2. The quantitative estimate of drug-likeness (QED) is 0.616. The molecular formula is C27H29N3O3. The predicted octanol–water partition coefficient (Wildman–Crippen LogP) is 4.57. The Bertz CT molecular complexity index is 1210. The number of benzene rings is 3. The molecule has 170 valence electrons. The molecule has 6 nitrogen and oxygen atoms in total. The lowest BCUT2D eigenvalue weighted by molar-refractivity contribution is 0.174. The Hall–Kier alpha value is -3.22. The fourth-order valence-electron chi connectivity index (χ4n) is 5.36. The fraction of sp³-hybridized carbons (Fsp3) is 0.333. The maximum atomic E-state index is 5.73. The zero-order valence-electron chi connectivity index (χ0n) is 19.2. The first-order valence-corrected chi connectivity index (χ1v) is 11.5. The van der Waals surface area contributed by atoms with Crippen molar-refractivity contribution in [1.82, 2.24) is 10.9 Å². The number of rotatable bonds is 4. The van der Waals surface area contributed by atoms with Gasteiger partial charge in [-0.2, -0.15) is 0 Å². The van der Waals surface area contributed by atoms with Crippen molar-refractivity contribution < 1.29 is 14.2 Å². The summed E-state index contributed by atoms with van der Waals surface area (Å²) in [6.45, 7) is 6.35. The lowest BCUT2D eigenvalue weighted by atomic mass is 9.81. The molecular weight excluding hydrogens is 414 g/mol. The van der Waals surface area contributed by atoms with Gasteiger partial charge in [0.15, 0.2) is 11.5 Å². The molecule has 0 amide bonds. The number of nitrogens with one attached hydrogen (secondary N) is 2. The largest absolute Gasteiger partial charge is 0.497 e. The molecule has 0 saturated carbocycles. The number of nitrogens with zero attached hydrogens (tertiary/aromatic N) is 1. The molecule has 1 saturated heterocycles. The molecule has 0 radical (unpaired) electrons. The van der Waals surface area contributed by atoms with Gasteiger partial charge in [0.25, 0.3) is 0 Å². The van der Waals surface area contributed by atoms with E-state index in [1.54, 1.807) is 7.11 Å². The zero-order chi connectivity index (χ0) is 22.5. The standard InChI is InChI=1S/C27H29N3O3/c1-16-7-8-19(9-17(16)2)26-22-14-30(13-18-5-4-6-20(10-18)31-3)23-12-25-24(32-15-33-25)11-21(23)27(22)29-28-26/h4-12,22,26-29H,13-15H2,1-3H3. The summed E-state index contributed by atoms with van der Waals surface area (Å²) in [4.78, 5) is 2.47. The third kappa shape index (κ3) is 3.50. The van der Waals surface area contributed by atoms with Gasteiger partial charge in [-0.1, -0.05) is 30.3 Å². The molecule has 6 heteroatoms. The summed E-state index contributed by atoms with van der Waals surface area (Å²) in [5.74, 6) is 2.89. The molecule has 6 rings (SSSR count). The minimum Gasteiger partial charge on any atom is -0.497 e. The summed E-state index contributed by atoms with van der Waals surface area (Å²) in [6.07, 6.45) is 0. The van der Waals surface area contributed by atoms with Crippen molar-refractivity contribution in [2.24, 2.45) is 5.92 Å². The average molecular weight is 444 g/mol. The first kappa shape index (κ1) is 20.4. The van der Waals surface area contributed by atoms with Crippen LogP contribution in [0.25, 0.3) is 0 Å². The molecule has 0 bridgehead atoms. The second-order valence-corrected chi connectivity index (χ2v) is 9.25. The number of hydrogen-bond acceptors (Lipinski definition) is 6. The fourth-order valence-corrected chi connectivity index (χ4v) is 5.36. The van der Waals surface area contributed by atoms with Gasteiger partial charge in [-0.15, -0.1) is 0 Å². The number of hydrazine groups is 1. The van der Waals surface area contributed by atoms with E-state index in [1.165, 1.54) is 33.5 Å². The van der Waals surface area contributed by atoms with Gasteiger partial charge in [0.1, 0.15) is 5.75 Å². The van der Waals surface area contributed by atoms with Crippen molar-refractivity contribution in [2.45, 2.75) is 32.5 Å². The van der Waals surface area contributed by atoms with E-state index < -0.39 is 0 Å². The molecule has 3 aromatic carbocycles. The predicted molar refractivity (Wildman–Crippen MR) is 128 cm³/mol. The molecule has 3 heterocycles.